The van der Waals surface area contributed by atoms with E-state index >= 15 is 0 Å². The molecule has 0 aliphatic heterocycles. The zero-order valence-corrected chi connectivity index (χ0v) is 20.1. The zero-order valence-electron chi connectivity index (χ0n) is 20.1. The lowest BCUT2D eigenvalue weighted by atomic mass is 10.0. The molecular formula is C28H30N4O2. The van der Waals surface area contributed by atoms with Gasteiger partial charge < -0.3 is 10.2 Å². The molecule has 0 bridgehead atoms. The van der Waals surface area contributed by atoms with E-state index in [-0.39, 0.29) is 18.2 Å². The van der Waals surface area contributed by atoms with Crippen molar-refractivity contribution in [2.75, 3.05) is 7.05 Å². The maximum absolute atomic E-state index is 13.0. The van der Waals surface area contributed by atoms with Crippen LogP contribution in [0.15, 0.2) is 72.8 Å². The van der Waals surface area contributed by atoms with Crippen molar-refractivity contribution in [3.63, 3.8) is 0 Å². The number of fused-ring (bicyclic) bond motifs is 1. The van der Waals surface area contributed by atoms with Crippen LogP contribution in [0, 0.1) is 13.8 Å². The molecule has 2 amide bonds. The van der Waals surface area contributed by atoms with Gasteiger partial charge in [-0.2, -0.15) is 5.10 Å². The predicted octanol–water partition coefficient (Wildman–Crippen LogP) is 4.35. The number of nitrogens with zero attached hydrogens (tertiary/aromatic N) is 3. The van der Waals surface area contributed by atoms with Crippen molar-refractivity contribution in [1.82, 2.24) is 20.0 Å². The summed E-state index contributed by atoms with van der Waals surface area (Å²) in [5, 5.41) is 9.68. The Morgan fingerprint density at radius 2 is 1.65 bits per heavy atom. The van der Waals surface area contributed by atoms with Gasteiger partial charge in [-0.3, -0.25) is 9.59 Å². The number of hydrogen-bond donors (Lipinski definition) is 1. The van der Waals surface area contributed by atoms with Crippen LogP contribution < -0.4 is 5.32 Å². The van der Waals surface area contributed by atoms with Crippen LogP contribution in [0.25, 0.3) is 16.5 Å². The van der Waals surface area contributed by atoms with Crippen molar-refractivity contribution < 1.29 is 9.59 Å². The Hall–Kier alpha value is -3.93. The zero-order chi connectivity index (χ0) is 24.2. The summed E-state index contributed by atoms with van der Waals surface area (Å²) in [6.45, 7) is 6.12. The van der Waals surface area contributed by atoms with E-state index in [2.05, 4.69) is 10.4 Å². The van der Waals surface area contributed by atoms with E-state index in [1.807, 2.05) is 91.3 Å². The van der Waals surface area contributed by atoms with Crippen LogP contribution in [0.5, 0.6) is 0 Å². The third kappa shape index (κ3) is 4.86. The highest BCUT2D eigenvalue weighted by molar-refractivity contribution is 5.92. The summed E-state index contributed by atoms with van der Waals surface area (Å²) in [7, 11) is 1.76. The Kier molecular flexibility index (Phi) is 6.77. The third-order valence-electron chi connectivity index (χ3n) is 6.19. The van der Waals surface area contributed by atoms with Crippen LogP contribution in [0.2, 0.25) is 0 Å². The van der Waals surface area contributed by atoms with Crippen LogP contribution in [-0.2, 0) is 22.6 Å². The number of aryl methyl sites for hydroxylation is 1. The van der Waals surface area contributed by atoms with Gasteiger partial charge in [-0.05, 0) is 49.2 Å². The molecule has 1 aromatic heterocycles. The largest absolute Gasteiger partial charge is 0.344 e. The molecule has 0 radical (unpaired) electrons. The average molecular weight is 455 g/mol. The molecule has 4 aromatic rings. The summed E-state index contributed by atoms with van der Waals surface area (Å²) < 4.78 is 1.90. The second-order valence-electron chi connectivity index (χ2n) is 8.70. The number of aromatic nitrogens is 2. The minimum Gasteiger partial charge on any atom is -0.344 e. The molecule has 0 spiro atoms. The van der Waals surface area contributed by atoms with E-state index in [1.165, 1.54) is 0 Å². The lowest BCUT2D eigenvalue weighted by molar-refractivity contribution is -0.135. The fourth-order valence-corrected chi connectivity index (χ4v) is 4.34. The third-order valence-corrected chi connectivity index (χ3v) is 6.19. The van der Waals surface area contributed by atoms with Gasteiger partial charge in [-0.25, -0.2) is 4.68 Å². The SMILES string of the molecule is Cc1nn(-c2ccccc2)c(C)c1CN(C)C(=O)[C@H](C)NC(=O)Cc1cccc2ccccc12. The Morgan fingerprint density at radius 1 is 0.971 bits per heavy atom. The number of carbonyl (C=O) groups is 2. The highest BCUT2D eigenvalue weighted by atomic mass is 16.2. The first kappa shape index (κ1) is 23.2. The molecule has 3 aromatic carbocycles. The molecule has 1 N–H and O–H groups in total. The molecule has 1 atom stereocenters. The molecule has 34 heavy (non-hydrogen) atoms. The van der Waals surface area contributed by atoms with Crippen molar-refractivity contribution in [3.05, 3.63) is 95.3 Å². The summed E-state index contributed by atoms with van der Waals surface area (Å²) in [4.78, 5) is 27.4. The van der Waals surface area contributed by atoms with Crippen molar-refractivity contribution in [1.29, 1.82) is 0 Å². The molecule has 0 unspecified atom stereocenters. The van der Waals surface area contributed by atoms with Crippen LogP contribution in [-0.4, -0.2) is 39.6 Å². The summed E-state index contributed by atoms with van der Waals surface area (Å²) in [6, 6.07) is 23.2. The van der Waals surface area contributed by atoms with Crippen LogP contribution in [0.4, 0.5) is 0 Å². The van der Waals surface area contributed by atoms with Crippen molar-refractivity contribution in [2.24, 2.45) is 0 Å². The first-order chi connectivity index (χ1) is 16.3. The minimum atomic E-state index is -0.628. The fraction of sp³-hybridized carbons (Fsp3) is 0.250. The van der Waals surface area contributed by atoms with Gasteiger partial charge >= 0.3 is 0 Å². The Labute approximate surface area is 200 Å². The summed E-state index contributed by atoms with van der Waals surface area (Å²) in [5.41, 5.74) is 4.82. The normalized spacial score (nSPS) is 11.9. The van der Waals surface area contributed by atoms with Gasteiger partial charge in [0.1, 0.15) is 6.04 Å². The van der Waals surface area contributed by atoms with Gasteiger partial charge in [0.15, 0.2) is 0 Å². The first-order valence-electron chi connectivity index (χ1n) is 11.5. The number of para-hydroxylation sites is 1. The second-order valence-corrected chi connectivity index (χ2v) is 8.70. The number of hydrogen-bond acceptors (Lipinski definition) is 3. The molecule has 6 nitrogen and oxygen atoms in total. The quantitative estimate of drug-likeness (QED) is 0.452. The smallest absolute Gasteiger partial charge is 0.244 e. The summed E-state index contributed by atoms with van der Waals surface area (Å²) in [5.74, 6) is -0.313. The highest BCUT2D eigenvalue weighted by Crippen LogP contribution is 2.20. The van der Waals surface area contributed by atoms with Gasteiger partial charge in [0.25, 0.3) is 0 Å². The molecule has 4 rings (SSSR count). The van der Waals surface area contributed by atoms with Gasteiger partial charge in [0.2, 0.25) is 11.8 Å². The first-order valence-corrected chi connectivity index (χ1v) is 11.5. The number of carbonyl (C=O) groups excluding carboxylic acids is 2. The molecule has 0 saturated heterocycles. The van der Waals surface area contributed by atoms with Gasteiger partial charge in [0, 0.05) is 24.8 Å². The molecule has 1 heterocycles. The lowest BCUT2D eigenvalue weighted by Crippen LogP contribution is -2.45. The van der Waals surface area contributed by atoms with Crippen LogP contribution in [0.3, 0.4) is 0 Å². The molecule has 0 fully saturated rings. The maximum atomic E-state index is 13.0. The minimum absolute atomic E-state index is 0.141. The average Bonchev–Trinajstić information content (AvgIpc) is 3.12. The molecule has 0 aliphatic carbocycles. The maximum Gasteiger partial charge on any atom is 0.244 e. The lowest BCUT2D eigenvalue weighted by Gasteiger charge is -2.22. The van der Waals surface area contributed by atoms with E-state index in [1.54, 1.807) is 18.9 Å². The van der Waals surface area contributed by atoms with E-state index in [4.69, 9.17) is 0 Å². The van der Waals surface area contributed by atoms with E-state index < -0.39 is 6.04 Å². The monoisotopic (exact) mass is 454 g/mol. The standard InChI is InChI=1S/C28H30N4O2/c1-19-26(21(3)32(30-19)24-14-6-5-7-15-24)18-31(4)28(34)20(2)29-27(33)17-23-13-10-12-22-11-8-9-16-25(22)23/h5-16,20H,17-18H2,1-4H3,(H,29,33)/t20-/m0/s1. The Morgan fingerprint density at radius 3 is 2.41 bits per heavy atom. The summed E-state index contributed by atoms with van der Waals surface area (Å²) >= 11 is 0. The van der Waals surface area contributed by atoms with Crippen LogP contribution in [0.1, 0.15) is 29.4 Å². The van der Waals surface area contributed by atoms with Crippen molar-refractivity contribution in [2.45, 2.75) is 39.8 Å². The van der Waals surface area contributed by atoms with Crippen molar-refractivity contribution in [3.8, 4) is 5.69 Å². The van der Waals surface area contributed by atoms with Gasteiger partial charge in [-0.1, -0.05) is 60.7 Å². The molecule has 0 saturated carbocycles. The van der Waals surface area contributed by atoms with Crippen LogP contribution >= 0.6 is 0 Å². The van der Waals surface area contributed by atoms with Gasteiger partial charge in [0.05, 0.1) is 17.8 Å². The molecule has 6 heteroatoms. The number of nitrogens with one attached hydrogen (secondary N) is 1. The molecule has 174 valence electrons. The van der Waals surface area contributed by atoms with Crippen molar-refractivity contribution >= 4 is 22.6 Å². The number of likely N-dealkylation sites (N-methyl/N-ethyl adjacent to an activating group) is 1. The predicted molar refractivity (Wildman–Crippen MR) is 135 cm³/mol. The number of rotatable bonds is 7. The number of benzene rings is 3. The highest BCUT2D eigenvalue weighted by Gasteiger charge is 2.22. The Bertz CT molecular complexity index is 1320. The van der Waals surface area contributed by atoms with E-state index in [9.17, 15) is 9.59 Å². The topological polar surface area (TPSA) is 67.2 Å². The Balaban J connectivity index is 1.41. The second kappa shape index (κ2) is 9.91. The number of amides is 2. The summed E-state index contributed by atoms with van der Waals surface area (Å²) in [6.07, 6.45) is 0.227. The molecule has 0 aliphatic rings. The van der Waals surface area contributed by atoms with Gasteiger partial charge in [-0.15, -0.1) is 0 Å². The molecular weight excluding hydrogens is 424 g/mol. The fourth-order valence-electron chi connectivity index (χ4n) is 4.34. The van der Waals surface area contributed by atoms with E-state index in [0.717, 1.165) is 39.0 Å². The van der Waals surface area contributed by atoms with E-state index in [0.29, 0.717) is 6.54 Å².